The van der Waals surface area contributed by atoms with Gasteiger partial charge >= 0.3 is 29.6 Å². The normalized spacial score (nSPS) is 14.9. The first kappa shape index (κ1) is 56.1. The van der Waals surface area contributed by atoms with Crippen molar-refractivity contribution < 1.29 is 96.5 Å². The third kappa shape index (κ3) is 8.46. The van der Waals surface area contributed by atoms with Crippen LogP contribution in [0.1, 0.15) is 0 Å². The summed E-state index contributed by atoms with van der Waals surface area (Å²) in [5.74, 6) is 22.0. The van der Waals surface area contributed by atoms with E-state index in [0.717, 1.165) is 138 Å². The first-order valence-electron chi connectivity index (χ1n) is 29.7. The van der Waals surface area contributed by atoms with Crippen molar-refractivity contribution in [3.05, 3.63) is 218 Å². The Morgan fingerprint density at radius 1 is 0.160 bits per heavy atom. The van der Waals surface area contributed by atoms with E-state index in [1.54, 1.807) is 0 Å². The maximum atomic E-state index is 9.75. The summed E-state index contributed by atoms with van der Waals surface area (Å²) in [5.41, 5.74) is 0. The van der Waals surface area contributed by atoms with Crippen LogP contribution in [0.25, 0.3) is 0 Å². The van der Waals surface area contributed by atoms with Crippen LogP contribution in [-0.4, -0.2) is 7.25 Å². The van der Waals surface area contributed by atoms with Gasteiger partial charge in [-0.3, -0.25) is 0 Å². The van der Waals surface area contributed by atoms with Crippen molar-refractivity contribution in [2.45, 2.75) is 0 Å². The van der Waals surface area contributed by atoms with Gasteiger partial charge in [0.05, 0.1) is 0 Å². The van der Waals surface area contributed by atoms with Crippen LogP contribution in [0.3, 0.4) is 0 Å². The zero-order valence-electron chi connectivity index (χ0n) is 48.1. The van der Waals surface area contributed by atoms with Crippen LogP contribution in [0.5, 0.6) is 138 Å². The number of rotatable bonds is 0. The topological polar surface area (TPSA) is 111 Å². The van der Waals surface area contributed by atoms with Crippen molar-refractivity contribution in [2.75, 3.05) is 0 Å². The van der Waals surface area contributed by atoms with E-state index in [2.05, 4.69) is 0 Å². The Balaban J connectivity index is 0.0000000865. The zero-order chi connectivity index (χ0) is 61.5. The Morgan fingerprint density at radius 2 is 0.223 bits per heavy atom. The van der Waals surface area contributed by atoms with E-state index in [1.807, 2.05) is 218 Å². The molecular weight excluding hydrogens is 1380 g/mol. The van der Waals surface area contributed by atoms with Gasteiger partial charge in [-0.2, -0.15) is 0 Å². The van der Waals surface area contributed by atoms with Crippen molar-refractivity contribution in [3.8, 4) is 138 Å². The van der Waals surface area contributed by atoms with Crippen LogP contribution in [0.2, 0.25) is 0 Å². The van der Waals surface area contributed by atoms with Crippen LogP contribution >= 0.6 is 31.7 Å². The average molecular weight is 1420 g/mol. The van der Waals surface area contributed by atoms with Gasteiger partial charge in [0.15, 0.2) is 202 Å². The molecule has 24 rings (SSSR count). The first-order chi connectivity index (χ1) is 45.6. The molecule has 458 valence electrons. The minimum Gasteiger partial charge on any atom is -0.449 e. The van der Waals surface area contributed by atoms with Crippen molar-refractivity contribution >= 4 is 103 Å². The number of benzene rings is 12. The summed E-state index contributed by atoms with van der Waals surface area (Å²) in [6.07, 6.45) is 0. The van der Waals surface area contributed by atoms with Crippen molar-refractivity contribution in [1.82, 2.24) is 0 Å². The molecule has 0 aromatic heterocycles. The fraction of sp³-hybridized carbons (Fsp3) is 0. The summed E-state index contributed by atoms with van der Waals surface area (Å²) in [5, 5.41) is 14.5. The maximum absolute atomic E-state index is 9.75. The monoisotopic (exact) mass is 1410 g/mol. The van der Waals surface area contributed by atoms with Gasteiger partial charge in [0.2, 0.25) is 0 Å². The SMILES string of the molecule is F[B-](F)(F)F.[Ag+].c1cc2c3c(c1)Oc1cccc4c1[PH+]3c1c(cccc1O4)O2.c1cc2c3c(c1)Oc1cccc4c1[PH+]3c1c(cccc1O4)O2.c1cc2c3c(c1)Oc1cccc4c1[PH+]3c1c(cccc1O4)O2.c1cc2c3c(c1)Oc1cccc4c1[PH+]3c1c(cccc1O4)O2. The molecule has 0 saturated carbocycles. The van der Waals surface area contributed by atoms with Crippen LogP contribution in [0.4, 0.5) is 17.3 Å². The maximum Gasteiger partial charge on any atom is 1.00 e. The second-order valence-corrected chi connectivity index (χ2v) is 31.8. The number of hydrogen-bond donors (Lipinski definition) is 0. The van der Waals surface area contributed by atoms with Gasteiger partial charge in [0.1, 0.15) is 31.7 Å². The fourth-order valence-corrected chi connectivity index (χ4v) is 26.2. The molecule has 0 amide bonds. The van der Waals surface area contributed by atoms with E-state index in [1.165, 1.54) is 63.7 Å². The molecule has 94 heavy (non-hydrogen) atoms. The second kappa shape index (κ2) is 21.0. The third-order valence-corrected chi connectivity index (χ3v) is 29.4. The van der Waals surface area contributed by atoms with Gasteiger partial charge in [-0.1, -0.05) is 72.8 Å². The van der Waals surface area contributed by atoms with E-state index in [0.29, 0.717) is 0 Å². The molecule has 0 atom stereocenters. The molecule has 12 nitrogen and oxygen atoms in total. The van der Waals surface area contributed by atoms with Gasteiger partial charge in [-0.05, 0) is 146 Å². The summed E-state index contributed by atoms with van der Waals surface area (Å²) in [6, 6.07) is 72.5. The second-order valence-electron chi connectivity index (χ2n) is 22.8. The van der Waals surface area contributed by atoms with Crippen LogP contribution in [0.15, 0.2) is 218 Å². The predicted octanol–water partition coefficient (Wildman–Crippen LogP) is 15.3. The minimum atomic E-state index is -6.00. The molecule has 0 N–H and O–H groups in total. The standard InChI is InChI=1S/4C18H9O3P.Ag.BF4/c4*1-4-10-16-11(5-1)20-13-7-3-9-15-18(13)22(16)17-12(19-10)6-2-8-14(17)21-15;;2-1(3,4)5/h4*1-9H;;/q;;;;+1;-1/p+4. The van der Waals surface area contributed by atoms with Crippen LogP contribution in [0, 0.1) is 0 Å². The van der Waals surface area contributed by atoms with Gasteiger partial charge < -0.3 is 74.1 Å². The molecule has 0 bridgehead atoms. The molecule has 12 aromatic carbocycles. The molecule has 0 fully saturated rings. The van der Waals surface area contributed by atoms with Gasteiger partial charge in [0, 0.05) is 0 Å². The summed E-state index contributed by atoms with van der Waals surface area (Å²) in [7, 11) is -10.6. The number of hydrogen-bond acceptors (Lipinski definition) is 12. The predicted molar refractivity (Wildman–Crippen MR) is 357 cm³/mol. The molecule has 22 heteroatoms. The molecule has 12 aliphatic heterocycles. The van der Waals surface area contributed by atoms with Crippen LogP contribution < -0.4 is 120 Å². The molecule has 12 aliphatic rings. The summed E-state index contributed by atoms with van der Waals surface area (Å²) < 4.78 is 112. The Bertz CT molecular complexity index is 3950. The molecule has 0 aliphatic carbocycles. The molecule has 12 heterocycles. The summed E-state index contributed by atoms with van der Waals surface area (Å²) in [6.45, 7) is 0. The molecule has 12 aromatic rings. The Kier molecular flexibility index (Phi) is 12.5. The van der Waals surface area contributed by atoms with E-state index in [4.69, 9.17) is 56.8 Å². The molecule has 0 saturated heterocycles. The Morgan fingerprint density at radius 3 is 0.287 bits per heavy atom. The van der Waals surface area contributed by atoms with Crippen LogP contribution in [-0.2, 0) is 22.4 Å². The Labute approximate surface area is 552 Å². The van der Waals surface area contributed by atoms with Crippen molar-refractivity contribution in [3.63, 3.8) is 0 Å². The number of halogens is 4. The van der Waals surface area contributed by atoms with Crippen molar-refractivity contribution in [2.24, 2.45) is 0 Å². The van der Waals surface area contributed by atoms with Gasteiger partial charge in [-0.25, -0.2) is 0 Å². The average Bonchev–Trinajstić information content (AvgIpc) is 0.733. The van der Waals surface area contributed by atoms with E-state index < -0.39 is 38.9 Å². The van der Waals surface area contributed by atoms with E-state index >= 15 is 0 Å². The van der Waals surface area contributed by atoms with E-state index in [-0.39, 0.29) is 22.4 Å². The van der Waals surface area contributed by atoms with E-state index in [9.17, 15) is 17.3 Å². The fourth-order valence-electron chi connectivity index (χ4n) is 14.1. The third-order valence-electron chi connectivity index (χ3n) is 17.5. The van der Waals surface area contributed by atoms with Gasteiger partial charge in [-0.15, -0.1) is 0 Å². The molecule has 0 spiro atoms. The number of ether oxygens (including phenoxy) is 12. The van der Waals surface area contributed by atoms with Gasteiger partial charge in [0.25, 0.3) is 0 Å². The Hall–Kier alpha value is -9.51. The molecular formula is C72H40AgBF4O12P4+4. The molecule has 0 radical (unpaired) electrons. The quantitative estimate of drug-likeness (QED) is 0.0819. The minimum absolute atomic E-state index is 0. The largest absolute Gasteiger partial charge is 1.00 e. The summed E-state index contributed by atoms with van der Waals surface area (Å²) in [4.78, 5) is 0. The molecule has 0 unspecified atom stereocenters. The first-order valence-corrected chi connectivity index (χ1v) is 35.7. The summed E-state index contributed by atoms with van der Waals surface area (Å²) >= 11 is 0. The van der Waals surface area contributed by atoms with Crippen molar-refractivity contribution in [1.29, 1.82) is 0 Å². The smallest absolute Gasteiger partial charge is 0.449 e. The zero-order valence-corrected chi connectivity index (χ0v) is 53.6.